The number of hydrogen-bond acceptors (Lipinski definition) is 5. The third-order valence-electron chi connectivity index (χ3n) is 5.42. The van der Waals surface area contributed by atoms with E-state index in [-0.39, 0.29) is 36.2 Å². The highest BCUT2D eigenvalue weighted by Gasteiger charge is 2.19. The molecule has 2 N–H and O–H groups in total. The van der Waals surface area contributed by atoms with Crippen molar-refractivity contribution in [3.05, 3.63) is 53.6 Å². The van der Waals surface area contributed by atoms with Crippen molar-refractivity contribution >= 4 is 27.5 Å². The second kappa shape index (κ2) is 10.6. The minimum atomic E-state index is -3.70. The summed E-state index contributed by atoms with van der Waals surface area (Å²) in [4.78, 5) is 26.0. The van der Waals surface area contributed by atoms with Crippen LogP contribution in [0.5, 0.6) is 5.75 Å². The van der Waals surface area contributed by atoms with Crippen LogP contribution in [-0.2, 0) is 32.5 Å². The summed E-state index contributed by atoms with van der Waals surface area (Å²) in [5.74, 6) is -0.0823. The number of carbonyl (C=O) groups excluding carboxylic acids is 2. The van der Waals surface area contributed by atoms with Crippen molar-refractivity contribution in [1.82, 2.24) is 9.62 Å². The van der Waals surface area contributed by atoms with Crippen LogP contribution in [-0.4, -0.2) is 52.4 Å². The van der Waals surface area contributed by atoms with Crippen LogP contribution < -0.4 is 14.8 Å². The van der Waals surface area contributed by atoms with Crippen LogP contribution >= 0.6 is 0 Å². The van der Waals surface area contributed by atoms with E-state index in [9.17, 15) is 18.0 Å². The molecule has 0 fully saturated rings. The summed E-state index contributed by atoms with van der Waals surface area (Å²) in [6.45, 7) is -0.187. The van der Waals surface area contributed by atoms with Crippen LogP contribution in [0.4, 0.5) is 5.69 Å². The van der Waals surface area contributed by atoms with Gasteiger partial charge in [0.1, 0.15) is 5.75 Å². The van der Waals surface area contributed by atoms with E-state index in [0.29, 0.717) is 11.4 Å². The van der Waals surface area contributed by atoms with Crippen LogP contribution in [0.3, 0.4) is 0 Å². The lowest BCUT2D eigenvalue weighted by atomic mass is 9.92. The molecule has 3 rings (SSSR count). The first-order valence-electron chi connectivity index (χ1n) is 10.6. The molecule has 1 aliphatic rings. The first-order chi connectivity index (χ1) is 15.3. The molecule has 0 aromatic heterocycles. The molecular formula is C23H29N3O5S. The summed E-state index contributed by atoms with van der Waals surface area (Å²) in [6.07, 6.45) is 4.02. The van der Waals surface area contributed by atoms with E-state index < -0.39 is 10.0 Å². The van der Waals surface area contributed by atoms with Gasteiger partial charge in [0.05, 0.1) is 18.6 Å². The summed E-state index contributed by atoms with van der Waals surface area (Å²) < 4.78 is 32.8. The number of anilines is 1. The monoisotopic (exact) mass is 459 g/mol. The molecule has 2 amide bonds. The predicted molar refractivity (Wildman–Crippen MR) is 122 cm³/mol. The lowest BCUT2D eigenvalue weighted by molar-refractivity contribution is -0.133. The molecular weight excluding hydrogens is 430 g/mol. The fourth-order valence-corrected chi connectivity index (χ4v) is 4.73. The number of benzene rings is 2. The molecule has 0 aliphatic heterocycles. The van der Waals surface area contributed by atoms with E-state index in [1.54, 1.807) is 36.4 Å². The van der Waals surface area contributed by atoms with Gasteiger partial charge in [-0.15, -0.1) is 0 Å². The normalized spacial score (nSPS) is 13.2. The van der Waals surface area contributed by atoms with Crippen molar-refractivity contribution in [2.75, 3.05) is 32.6 Å². The molecule has 32 heavy (non-hydrogen) atoms. The number of nitrogens with zero attached hydrogens (tertiary/aromatic N) is 1. The Balaban J connectivity index is 1.47. The fraction of sp³-hybridized carbons (Fsp3) is 0.391. The number of carbonyl (C=O) groups is 2. The van der Waals surface area contributed by atoms with Crippen molar-refractivity contribution in [2.24, 2.45) is 0 Å². The third kappa shape index (κ3) is 6.30. The van der Waals surface area contributed by atoms with Crippen molar-refractivity contribution in [3.63, 3.8) is 0 Å². The summed E-state index contributed by atoms with van der Waals surface area (Å²) in [7, 11) is -0.657. The predicted octanol–water partition coefficient (Wildman–Crippen LogP) is 2.34. The SMILES string of the molecule is COc1cccc(NC(=O)CN(C)C(=O)CCNS(=O)(=O)c2ccc3c(c2)CCCC3)c1. The Morgan fingerprint density at radius 1 is 1.06 bits per heavy atom. The Hall–Kier alpha value is -2.91. The maximum atomic E-state index is 12.6. The van der Waals surface area contributed by atoms with Gasteiger partial charge in [-0.25, -0.2) is 13.1 Å². The summed E-state index contributed by atoms with van der Waals surface area (Å²) in [5, 5.41) is 2.70. The summed E-state index contributed by atoms with van der Waals surface area (Å²) in [5.41, 5.74) is 2.85. The van der Waals surface area contributed by atoms with E-state index in [0.717, 1.165) is 31.2 Å². The minimum absolute atomic E-state index is 0.0416. The minimum Gasteiger partial charge on any atom is -0.497 e. The molecule has 0 radical (unpaired) electrons. The van der Waals surface area contributed by atoms with E-state index in [1.807, 2.05) is 6.07 Å². The fourth-order valence-electron chi connectivity index (χ4n) is 3.65. The van der Waals surface area contributed by atoms with Gasteiger partial charge in [-0.2, -0.15) is 0 Å². The highest BCUT2D eigenvalue weighted by molar-refractivity contribution is 7.89. The molecule has 8 nitrogen and oxygen atoms in total. The van der Waals surface area contributed by atoms with Crippen LogP contribution in [0.1, 0.15) is 30.4 Å². The smallest absolute Gasteiger partial charge is 0.243 e. The number of ether oxygens (including phenoxy) is 1. The molecule has 1 aliphatic carbocycles. The largest absolute Gasteiger partial charge is 0.497 e. The Morgan fingerprint density at radius 3 is 2.56 bits per heavy atom. The van der Waals surface area contributed by atoms with Crippen LogP contribution in [0, 0.1) is 0 Å². The standard InChI is InChI=1S/C23H29N3O5S/c1-26(16-22(27)25-19-8-5-9-20(15-19)31-2)23(28)12-13-24-32(29,30)21-11-10-17-6-3-4-7-18(17)14-21/h5,8-11,14-15,24H,3-4,6-7,12-13,16H2,1-2H3,(H,25,27). The Labute approximate surface area is 189 Å². The van der Waals surface area contributed by atoms with Crippen molar-refractivity contribution in [2.45, 2.75) is 37.0 Å². The quantitative estimate of drug-likeness (QED) is 0.599. The van der Waals surface area contributed by atoms with E-state index in [4.69, 9.17) is 4.74 Å². The number of fused-ring (bicyclic) bond motifs is 1. The zero-order chi connectivity index (χ0) is 23.1. The maximum absolute atomic E-state index is 12.6. The number of aryl methyl sites for hydroxylation is 2. The van der Waals surface area contributed by atoms with Gasteiger partial charge in [-0.1, -0.05) is 12.1 Å². The number of amides is 2. The Morgan fingerprint density at radius 2 is 1.81 bits per heavy atom. The Kier molecular flexibility index (Phi) is 7.87. The van der Waals surface area contributed by atoms with Gasteiger partial charge < -0.3 is 15.0 Å². The molecule has 0 unspecified atom stereocenters. The molecule has 9 heteroatoms. The molecule has 172 valence electrons. The van der Waals surface area contributed by atoms with E-state index >= 15 is 0 Å². The van der Waals surface area contributed by atoms with Crippen molar-refractivity contribution in [1.29, 1.82) is 0 Å². The van der Waals surface area contributed by atoms with Gasteiger partial charge in [0.15, 0.2) is 0 Å². The van der Waals surface area contributed by atoms with Gasteiger partial charge >= 0.3 is 0 Å². The second-order valence-corrected chi connectivity index (χ2v) is 9.58. The number of hydrogen-bond donors (Lipinski definition) is 2. The van der Waals surface area contributed by atoms with E-state index in [1.165, 1.54) is 24.6 Å². The number of likely N-dealkylation sites (N-methyl/N-ethyl adjacent to an activating group) is 1. The maximum Gasteiger partial charge on any atom is 0.243 e. The zero-order valence-corrected chi connectivity index (χ0v) is 19.2. The lowest BCUT2D eigenvalue weighted by Gasteiger charge is -2.18. The number of rotatable bonds is 9. The molecule has 2 aromatic carbocycles. The van der Waals surface area contributed by atoms with Gasteiger partial charge in [0.2, 0.25) is 21.8 Å². The number of methoxy groups -OCH3 is 1. The van der Waals surface area contributed by atoms with Gasteiger partial charge in [0, 0.05) is 31.8 Å². The summed E-state index contributed by atoms with van der Waals surface area (Å²) in [6, 6.07) is 12.1. The zero-order valence-electron chi connectivity index (χ0n) is 18.4. The average Bonchev–Trinajstić information content (AvgIpc) is 2.78. The molecule has 0 atom stereocenters. The molecule has 0 saturated carbocycles. The third-order valence-corrected chi connectivity index (χ3v) is 6.88. The highest BCUT2D eigenvalue weighted by atomic mass is 32.2. The highest BCUT2D eigenvalue weighted by Crippen LogP contribution is 2.24. The topological polar surface area (TPSA) is 105 Å². The van der Waals surface area contributed by atoms with Gasteiger partial charge in [0.25, 0.3) is 0 Å². The average molecular weight is 460 g/mol. The van der Waals surface area contributed by atoms with Gasteiger partial charge in [-0.05, 0) is 61.1 Å². The lowest BCUT2D eigenvalue weighted by Crippen LogP contribution is -2.37. The van der Waals surface area contributed by atoms with Crippen LogP contribution in [0.15, 0.2) is 47.4 Å². The van der Waals surface area contributed by atoms with E-state index in [2.05, 4.69) is 10.0 Å². The van der Waals surface area contributed by atoms with Crippen molar-refractivity contribution in [3.8, 4) is 5.75 Å². The van der Waals surface area contributed by atoms with Crippen molar-refractivity contribution < 1.29 is 22.7 Å². The molecule has 2 aromatic rings. The molecule has 0 spiro atoms. The number of nitrogens with one attached hydrogen (secondary N) is 2. The Bertz CT molecular complexity index is 1080. The second-order valence-electron chi connectivity index (χ2n) is 7.82. The van der Waals surface area contributed by atoms with Crippen LogP contribution in [0.2, 0.25) is 0 Å². The van der Waals surface area contributed by atoms with Gasteiger partial charge in [-0.3, -0.25) is 9.59 Å². The molecule has 0 saturated heterocycles. The molecule has 0 heterocycles. The summed E-state index contributed by atoms with van der Waals surface area (Å²) >= 11 is 0. The van der Waals surface area contributed by atoms with Crippen LogP contribution in [0.25, 0.3) is 0 Å². The number of sulfonamides is 1. The molecule has 0 bridgehead atoms. The first-order valence-corrected chi connectivity index (χ1v) is 12.1. The first kappa shape index (κ1) is 23.7.